The van der Waals surface area contributed by atoms with Gasteiger partial charge in [0.25, 0.3) is 0 Å². The van der Waals surface area contributed by atoms with Gasteiger partial charge in [-0.1, -0.05) is 57.1 Å². The van der Waals surface area contributed by atoms with E-state index >= 15 is 0 Å². The van der Waals surface area contributed by atoms with Gasteiger partial charge in [0.05, 0.1) is 5.69 Å². The fourth-order valence-electron chi connectivity index (χ4n) is 2.23. The Hall–Kier alpha value is -0.900. The highest BCUT2D eigenvalue weighted by Crippen LogP contribution is 2.09. The van der Waals surface area contributed by atoms with Crippen molar-refractivity contribution in [2.45, 2.75) is 77.7 Å². The van der Waals surface area contributed by atoms with Crippen molar-refractivity contribution in [3.05, 3.63) is 11.9 Å². The Labute approximate surface area is 117 Å². The van der Waals surface area contributed by atoms with Crippen LogP contribution in [0.5, 0.6) is 0 Å². The van der Waals surface area contributed by atoms with E-state index in [9.17, 15) is 0 Å². The van der Waals surface area contributed by atoms with E-state index in [1.807, 2.05) is 10.9 Å². The number of rotatable bonds is 12. The SMILES string of the molecule is CCCCCCCCCCn1cc(CCCO)nn1. The first kappa shape index (κ1) is 16.2. The summed E-state index contributed by atoms with van der Waals surface area (Å²) in [7, 11) is 0. The molecular formula is C15H29N3O. The summed E-state index contributed by atoms with van der Waals surface area (Å²) in [5.41, 5.74) is 0.994. The van der Waals surface area contributed by atoms with Gasteiger partial charge in [-0.05, 0) is 19.3 Å². The van der Waals surface area contributed by atoms with Gasteiger partial charge in [-0.25, -0.2) is 0 Å². The third-order valence-corrected chi connectivity index (χ3v) is 3.42. The minimum absolute atomic E-state index is 0.227. The molecule has 0 aliphatic carbocycles. The molecule has 0 aliphatic rings. The molecule has 0 spiro atoms. The number of unbranched alkanes of at least 4 members (excludes halogenated alkanes) is 7. The Morgan fingerprint density at radius 2 is 1.68 bits per heavy atom. The van der Waals surface area contributed by atoms with Crippen LogP contribution in [-0.2, 0) is 13.0 Å². The smallest absolute Gasteiger partial charge is 0.0828 e. The molecular weight excluding hydrogens is 238 g/mol. The molecule has 4 heteroatoms. The first-order valence-electron chi connectivity index (χ1n) is 7.86. The molecule has 1 heterocycles. The number of hydrogen-bond acceptors (Lipinski definition) is 3. The van der Waals surface area contributed by atoms with Crippen LogP contribution < -0.4 is 0 Å². The Bertz CT molecular complexity index is 312. The van der Waals surface area contributed by atoms with Gasteiger partial charge in [-0.15, -0.1) is 5.10 Å². The molecule has 1 rings (SSSR count). The molecule has 0 bridgehead atoms. The number of aryl methyl sites for hydroxylation is 2. The van der Waals surface area contributed by atoms with Crippen LogP contribution in [0, 0.1) is 0 Å². The summed E-state index contributed by atoms with van der Waals surface area (Å²) in [6, 6.07) is 0. The van der Waals surface area contributed by atoms with Crippen LogP contribution in [0.15, 0.2) is 6.20 Å². The quantitative estimate of drug-likeness (QED) is 0.591. The van der Waals surface area contributed by atoms with Crippen molar-refractivity contribution >= 4 is 0 Å². The average molecular weight is 267 g/mol. The van der Waals surface area contributed by atoms with E-state index in [2.05, 4.69) is 17.2 Å². The molecule has 4 nitrogen and oxygen atoms in total. The lowest BCUT2D eigenvalue weighted by Crippen LogP contribution is -1.98. The topological polar surface area (TPSA) is 50.9 Å². The van der Waals surface area contributed by atoms with Gasteiger partial charge in [-0.3, -0.25) is 4.68 Å². The summed E-state index contributed by atoms with van der Waals surface area (Å²) in [4.78, 5) is 0. The van der Waals surface area contributed by atoms with Crippen molar-refractivity contribution in [3.63, 3.8) is 0 Å². The Morgan fingerprint density at radius 1 is 1.00 bits per heavy atom. The molecule has 19 heavy (non-hydrogen) atoms. The van der Waals surface area contributed by atoms with Crippen LogP contribution in [0.1, 0.15) is 70.4 Å². The van der Waals surface area contributed by atoms with Crippen LogP contribution in [0.4, 0.5) is 0 Å². The third kappa shape index (κ3) is 7.98. The monoisotopic (exact) mass is 267 g/mol. The number of aliphatic hydroxyl groups excluding tert-OH is 1. The summed E-state index contributed by atoms with van der Waals surface area (Å²) in [5.74, 6) is 0. The normalized spacial score (nSPS) is 11.1. The van der Waals surface area contributed by atoms with Gasteiger partial charge < -0.3 is 5.11 Å². The van der Waals surface area contributed by atoms with Crippen molar-refractivity contribution < 1.29 is 5.11 Å². The van der Waals surface area contributed by atoms with Crippen molar-refractivity contribution in [3.8, 4) is 0 Å². The highest BCUT2D eigenvalue weighted by molar-refractivity contribution is 4.91. The Morgan fingerprint density at radius 3 is 2.37 bits per heavy atom. The predicted octanol–water partition coefficient (Wildman–Crippen LogP) is 3.34. The van der Waals surface area contributed by atoms with E-state index in [1.54, 1.807) is 0 Å². The molecule has 1 aromatic rings. The van der Waals surface area contributed by atoms with Crippen LogP contribution in [-0.4, -0.2) is 26.7 Å². The second kappa shape index (κ2) is 11.0. The lowest BCUT2D eigenvalue weighted by Gasteiger charge is -2.01. The molecule has 0 unspecified atom stereocenters. The van der Waals surface area contributed by atoms with Crippen molar-refractivity contribution in [1.82, 2.24) is 15.0 Å². The molecule has 1 N–H and O–H groups in total. The van der Waals surface area contributed by atoms with Crippen molar-refractivity contribution in [2.24, 2.45) is 0 Å². The van der Waals surface area contributed by atoms with E-state index in [4.69, 9.17) is 5.11 Å². The lowest BCUT2D eigenvalue weighted by atomic mass is 10.1. The number of hydrogen-bond donors (Lipinski definition) is 1. The number of nitrogens with zero attached hydrogens (tertiary/aromatic N) is 3. The zero-order valence-corrected chi connectivity index (χ0v) is 12.4. The molecule has 0 aromatic carbocycles. The van der Waals surface area contributed by atoms with Gasteiger partial charge in [0.15, 0.2) is 0 Å². The van der Waals surface area contributed by atoms with Crippen LogP contribution in [0.2, 0.25) is 0 Å². The maximum atomic E-state index is 8.76. The highest BCUT2D eigenvalue weighted by atomic mass is 16.2. The largest absolute Gasteiger partial charge is 0.396 e. The Balaban J connectivity index is 1.98. The molecule has 0 atom stereocenters. The van der Waals surface area contributed by atoms with Gasteiger partial charge in [-0.2, -0.15) is 0 Å². The van der Waals surface area contributed by atoms with Crippen molar-refractivity contribution in [1.29, 1.82) is 0 Å². The number of aromatic nitrogens is 3. The second-order valence-electron chi connectivity index (χ2n) is 5.27. The molecule has 110 valence electrons. The molecule has 1 aromatic heterocycles. The minimum Gasteiger partial charge on any atom is -0.396 e. The summed E-state index contributed by atoms with van der Waals surface area (Å²) in [5, 5.41) is 17.0. The van der Waals surface area contributed by atoms with E-state index in [0.29, 0.717) is 0 Å². The summed E-state index contributed by atoms with van der Waals surface area (Å²) in [6.45, 7) is 3.46. The molecule has 0 amide bonds. The Kier molecular flexibility index (Phi) is 9.33. The predicted molar refractivity (Wildman–Crippen MR) is 78.0 cm³/mol. The highest BCUT2D eigenvalue weighted by Gasteiger charge is 2.00. The molecule has 0 saturated carbocycles. The first-order valence-corrected chi connectivity index (χ1v) is 7.86. The van der Waals surface area contributed by atoms with E-state index in [0.717, 1.165) is 25.1 Å². The zero-order valence-electron chi connectivity index (χ0n) is 12.4. The van der Waals surface area contributed by atoms with Gasteiger partial charge in [0, 0.05) is 19.3 Å². The fraction of sp³-hybridized carbons (Fsp3) is 0.867. The average Bonchev–Trinajstić information content (AvgIpc) is 2.87. The van der Waals surface area contributed by atoms with Gasteiger partial charge >= 0.3 is 0 Å². The zero-order chi connectivity index (χ0) is 13.8. The summed E-state index contributed by atoms with van der Waals surface area (Å²) >= 11 is 0. The molecule has 0 saturated heterocycles. The van der Waals surface area contributed by atoms with Gasteiger partial charge in [0.1, 0.15) is 0 Å². The molecule has 0 radical (unpaired) electrons. The molecule has 0 aliphatic heterocycles. The van der Waals surface area contributed by atoms with E-state index < -0.39 is 0 Å². The van der Waals surface area contributed by atoms with Crippen LogP contribution in [0.3, 0.4) is 0 Å². The third-order valence-electron chi connectivity index (χ3n) is 3.42. The molecule has 0 fully saturated rings. The summed E-state index contributed by atoms with van der Waals surface area (Å²) in [6.07, 6.45) is 14.3. The van der Waals surface area contributed by atoms with Crippen molar-refractivity contribution in [2.75, 3.05) is 6.61 Å². The van der Waals surface area contributed by atoms with Gasteiger partial charge in [0.2, 0.25) is 0 Å². The standard InChI is InChI=1S/C15H29N3O/c1-2-3-4-5-6-7-8-9-12-18-14-15(16-17-18)11-10-13-19/h14,19H,2-13H2,1H3. The van der Waals surface area contributed by atoms with Crippen LogP contribution >= 0.6 is 0 Å². The second-order valence-corrected chi connectivity index (χ2v) is 5.27. The first-order chi connectivity index (χ1) is 9.36. The lowest BCUT2D eigenvalue weighted by molar-refractivity contribution is 0.288. The number of aliphatic hydroxyl groups is 1. The maximum Gasteiger partial charge on any atom is 0.0828 e. The van der Waals surface area contributed by atoms with E-state index in [1.165, 1.54) is 51.4 Å². The van der Waals surface area contributed by atoms with Crippen LogP contribution in [0.25, 0.3) is 0 Å². The van der Waals surface area contributed by atoms with E-state index in [-0.39, 0.29) is 6.61 Å². The summed E-state index contributed by atoms with van der Waals surface area (Å²) < 4.78 is 1.93. The minimum atomic E-state index is 0.227. The maximum absolute atomic E-state index is 8.76. The fourth-order valence-corrected chi connectivity index (χ4v) is 2.23.